The van der Waals surface area contributed by atoms with Crippen LogP contribution in [0.15, 0.2) is 42.5 Å². The predicted molar refractivity (Wildman–Crippen MR) is 129 cm³/mol. The minimum atomic E-state index is -3.99. The molecule has 2 aliphatic heterocycles. The topological polar surface area (TPSA) is 114 Å². The van der Waals surface area contributed by atoms with Crippen molar-refractivity contribution in [1.82, 2.24) is 9.79 Å². The molecule has 2 heterocycles. The van der Waals surface area contributed by atoms with E-state index in [1.165, 1.54) is 4.31 Å². The van der Waals surface area contributed by atoms with Crippen molar-refractivity contribution in [3.63, 3.8) is 0 Å². The summed E-state index contributed by atoms with van der Waals surface area (Å²) in [6.07, 6.45) is 0.856. The van der Waals surface area contributed by atoms with Gasteiger partial charge in [0.1, 0.15) is 23.4 Å². The molecular weight excluding hydrogens is 472 g/mol. The Balaban J connectivity index is 1.35. The fourth-order valence-corrected chi connectivity index (χ4v) is 6.90. The van der Waals surface area contributed by atoms with E-state index in [9.17, 15) is 18.4 Å². The number of nitrogens with zero attached hydrogens (tertiary/aromatic N) is 1. The number of hydroxylamine groups is 1. The summed E-state index contributed by atoms with van der Waals surface area (Å²) in [4.78, 5) is 12.4. The Morgan fingerprint density at radius 3 is 2.14 bits per heavy atom. The van der Waals surface area contributed by atoms with Crippen LogP contribution >= 0.6 is 0 Å². The Bertz CT molecular complexity index is 1120. The lowest BCUT2D eigenvalue weighted by Gasteiger charge is -2.40. The highest BCUT2D eigenvalue weighted by Crippen LogP contribution is 2.35. The lowest BCUT2D eigenvalue weighted by Crippen LogP contribution is -2.60. The Labute approximate surface area is 206 Å². The van der Waals surface area contributed by atoms with E-state index in [1.807, 2.05) is 50.2 Å². The molecule has 1 amide bonds. The van der Waals surface area contributed by atoms with Crippen LogP contribution < -0.4 is 15.0 Å². The second kappa shape index (κ2) is 10.5. The quantitative estimate of drug-likeness (QED) is 0.439. The molecule has 2 N–H and O–H groups in total. The number of nitrogens with one attached hydrogen (secondary N) is 1. The summed E-state index contributed by atoms with van der Waals surface area (Å²) in [5.74, 6) is 1.26. The number of hydrogen-bond donors (Lipinski definition) is 2. The number of sulfonamides is 1. The number of benzene rings is 2. The van der Waals surface area contributed by atoms with Gasteiger partial charge in [-0.3, -0.25) is 10.0 Å². The zero-order valence-electron chi connectivity index (χ0n) is 20.0. The first kappa shape index (κ1) is 25.4. The molecule has 0 aromatic heterocycles. The van der Waals surface area contributed by atoms with Crippen LogP contribution in [0.1, 0.15) is 36.8 Å². The smallest absolute Gasteiger partial charge is 0.266 e. The summed E-state index contributed by atoms with van der Waals surface area (Å²) in [6, 6.07) is 13.4. The molecule has 0 spiro atoms. The first-order valence-electron chi connectivity index (χ1n) is 11.8. The first-order chi connectivity index (χ1) is 16.7. The Morgan fingerprint density at radius 1 is 1.00 bits per heavy atom. The maximum absolute atomic E-state index is 13.4. The van der Waals surface area contributed by atoms with Crippen molar-refractivity contribution in [2.24, 2.45) is 0 Å². The van der Waals surface area contributed by atoms with Crippen molar-refractivity contribution in [1.29, 1.82) is 0 Å². The van der Waals surface area contributed by atoms with Crippen molar-refractivity contribution in [3.8, 4) is 17.2 Å². The summed E-state index contributed by atoms with van der Waals surface area (Å²) < 4.78 is 43.7. The fourth-order valence-electron chi connectivity index (χ4n) is 4.75. The van der Waals surface area contributed by atoms with E-state index in [-0.39, 0.29) is 45.2 Å². The number of ether oxygens (including phenoxy) is 3. The van der Waals surface area contributed by atoms with Crippen molar-refractivity contribution >= 4 is 15.9 Å². The van der Waals surface area contributed by atoms with Gasteiger partial charge in [0.2, 0.25) is 10.0 Å². The number of hydrogen-bond acceptors (Lipinski definition) is 7. The number of rotatable bonds is 7. The highest BCUT2D eigenvalue weighted by molar-refractivity contribution is 7.91. The zero-order chi connectivity index (χ0) is 25.1. The summed E-state index contributed by atoms with van der Waals surface area (Å²) in [5, 5.41) is 9.19. The number of carbonyl (C=O) groups excluding carboxylic acids is 1. The van der Waals surface area contributed by atoms with E-state index < -0.39 is 20.7 Å². The van der Waals surface area contributed by atoms with E-state index in [0.717, 1.165) is 16.9 Å². The minimum absolute atomic E-state index is 0.00862. The van der Waals surface area contributed by atoms with E-state index >= 15 is 0 Å². The number of amides is 1. The molecule has 0 atom stereocenters. The van der Waals surface area contributed by atoms with Gasteiger partial charge in [0, 0.05) is 39.1 Å². The highest BCUT2D eigenvalue weighted by Gasteiger charge is 2.54. The molecule has 2 aromatic carbocycles. The van der Waals surface area contributed by atoms with Gasteiger partial charge in [0.05, 0.1) is 0 Å². The maximum Gasteiger partial charge on any atom is 0.266 e. The molecule has 0 radical (unpaired) electrons. The average Bonchev–Trinajstić information content (AvgIpc) is 2.85. The molecule has 2 aliphatic rings. The minimum Gasteiger partial charge on any atom is -0.490 e. The largest absolute Gasteiger partial charge is 0.490 e. The molecule has 0 aliphatic carbocycles. The molecular formula is C25H32N2O7S. The molecule has 9 nitrogen and oxygen atoms in total. The van der Waals surface area contributed by atoms with Gasteiger partial charge in [-0.05, 0) is 74.2 Å². The molecule has 2 saturated heterocycles. The van der Waals surface area contributed by atoms with Gasteiger partial charge in [-0.2, -0.15) is 0 Å². The zero-order valence-corrected chi connectivity index (χ0v) is 20.8. The number of aryl methyl sites for hydroxylation is 2. The van der Waals surface area contributed by atoms with Crippen LogP contribution in [-0.4, -0.2) is 61.0 Å². The Hall–Kier alpha value is -2.66. The van der Waals surface area contributed by atoms with Gasteiger partial charge >= 0.3 is 0 Å². The molecule has 0 bridgehead atoms. The Kier molecular flexibility index (Phi) is 7.65. The average molecular weight is 505 g/mol. The van der Waals surface area contributed by atoms with E-state index in [2.05, 4.69) is 6.07 Å². The summed E-state index contributed by atoms with van der Waals surface area (Å²) >= 11 is 0. The highest BCUT2D eigenvalue weighted by atomic mass is 32.2. The molecule has 2 fully saturated rings. The standard InChI is InChI=1S/C25H32N2O7S/c1-18-15-19(2)17-23(16-18)34-21-5-3-20(4-6-21)33-22-7-11-27(12-8-22)35(30,31)25(24(28)26-29)9-13-32-14-10-25/h3-6,15-17,22,29H,7-14H2,1-2H3,(H,26,28). The van der Waals surface area contributed by atoms with E-state index in [0.29, 0.717) is 24.3 Å². The third-order valence-corrected chi connectivity index (χ3v) is 9.23. The molecule has 35 heavy (non-hydrogen) atoms. The Morgan fingerprint density at radius 2 is 1.57 bits per heavy atom. The molecule has 4 rings (SSSR count). The molecule has 190 valence electrons. The van der Waals surface area contributed by atoms with Crippen molar-refractivity contribution in [2.75, 3.05) is 26.3 Å². The van der Waals surface area contributed by atoms with Crippen LogP contribution in [0.4, 0.5) is 0 Å². The second-order valence-corrected chi connectivity index (χ2v) is 11.4. The third-order valence-electron chi connectivity index (χ3n) is 6.61. The van der Waals surface area contributed by atoms with Crippen LogP contribution in [0, 0.1) is 13.8 Å². The monoisotopic (exact) mass is 504 g/mol. The van der Waals surface area contributed by atoms with Gasteiger partial charge < -0.3 is 14.2 Å². The second-order valence-electron chi connectivity index (χ2n) is 9.17. The summed E-state index contributed by atoms with van der Waals surface area (Å²) in [7, 11) is -3.99. The maximum atomic E-state index is 13.4. The lowest BCUT2D eigenvalue weighted by atomic mass is 9.98. The third kappa shape index (κ3) is 5.45. The van der Waals surface area contributed by atoms with Crippen LogP contribution in [0.5, 0.6) is 17.2 Å². The van der Waals surface area contributed by atoms with Gasteiger partial charge in [0.25, 0.3) is 5.91 Å². The van der Waals surface area contributed by atoms with Crippen molar-refractivity contribution in [3.05, 3.63) is 53.6 Å². The first-order valence-corrected chi connectivity index (χ1v) is 13.2. The molecule has 0 saturated carbocycles. The summed E-state index contributed by atoms with van der Waals surface area (Å²) in [5.41, 5.74) is 3.82. The van der Waals surface area contributed by atoms with Crippen molar-refractivity contribution in [2.45, 2.75) is 50.4 Å². The van der Waals surface area contributed by atoms with E-state index in [1.54, 1.807) is 5.48 Å². The fraction of sp³-hybridized carbons (Fsp3) is 0.480. The lowest BCUT2D eigenvalue weighted by molar-refractivity contribution is -0.134. The van der Waals surface area contributed by atoms with Gasteiger partial charge in [-0.1, -0.05) is 6.07 Å². The molecule has 10 heteroatoms. The number of carbonyl (C=O) groups is 1. The summed E-state index contributed by atoms with van der Waals surface area (Å²) in [6.45, 7) is 4.82. The SMILES string of the molecule is Cc1cc(C)cc(Oc2ccc(OC3CCN(S(=O)(=O)C4(C(=O)NO)CCOCC4)CC3)cc2)c1. The van der Waals surface area contributed by atoms with Crippen LogP contribution in [-0.2, 0) is 19.6 Å². The predicted octanol–water partition coefficient (Wildman–Crippen LogP) is 3.32. The van der Waals surface area contributed by atoms with Gasteiger partial charge in [-0.15, -0.1) is 0 Å². The van der Waals surface area contributed by atoms with Crippen molar-refractivity contribution < 1.29 is 32.6 Å². The van der Waals surface area contributed by atoms with Crippen LogP contribution in [0.2, 0.25) is 0 Å². The van der Waals surface area contributed by atoms with Gasteiger partial charge in [0.15, 0.2) is 4.75 Å². The van der Waals surface area contributed by atoms with Crippen LogP contribution in [0.25, 0.3) is 0 Å². The van der Waals surface area contributed by atoms with Gasteiger partial charge in [-0.25, -0.2) is 18.2 Å². The normalized spacial score (nSPS) is 19.2. The van der Waals surface area contributed by atoms with Crippen LogP contribution in [0.3, 0.4) is 0 Å². The van der Waals surface area contributed by atoms with E-state index in [4.69, 9.17) is 14.2 Å². The molecule has 0 unspecified atom stereocenters. The number of piperidine rings is 1. The molecule has 2 aromatic rings.